The van der Waals surface area contributed by atoms with Gasteiger partial charge in [-0.05, 0) is 18.4 Å². The standard InChI is InChI=1S/C11H17NO4S/c1-7(13)6-12-8(5-10(14)15)11(16)9-3-2-4-17-9/h2-4,7-8,11-13,16H,5-6H2,1H3,(H,14,15). The zero-order chi connectivity index (χ0) is 12.8. The summed E-state index contributed by atoms with van der Waals surface area (Å²) >= 11 is 1.38. The average Bonchev–Trinajstić information content (AvgIpc) is 2.75. The highest BCUT2D eigenvalue weighted by atomic mass is 32.1. The number of aliphatic hydroxyl groups excluding tert-OH is 2. The molecule has 3 atom stereocenters. The van der Waals surface area contributed by atoms with Crippen molar-refractivity contribution in [2.75, 3.05) is 6.54 Å². The van der Waals surface area contributed by atoms with Gasteiger partial charge in [-0.25, -0.2) is 0 Å². The summed E-state index contributed by atoms with van der Waals surface area (Å²) in [6.07, 6.45) is -1.64. The predicted octanol–water partition coefficient (Wildman–Crippen LogP) is 0.595. The minimum Gasteiger partial charge on any atom is -0.481 e. The summed E-state index contributed by atoms with van der Waals surface area (Å²) in [4.78, 5) is 11.4. The molecule has 1 aromatic rings. The van der Waals surface area contributed by atoms with Crippen LogP contribution in [0.1, 0.15) is 24.3 Å². The molecule has 0 aromatic carbocycles. The molecule has 0 radical (unpaired) electrons. The van der Waals surface area contributed by atoms with Crippen LogP contribution in [0, 0.1) is 0 Å². The van der Waals surface area contributed by atoms with Gasteiger partial charge in [0.25, 0.3) is 0 Å². The van der Waals surface area contributed by atoms with E-state index in [1.54, 1.807) is 19.1 Å². The van der Waals surface area contributed by atoms with E-state index in [-0.39, 0.29) is 13.0 Å². The van der Waals surface area contributed by atoms with Crippen LogP contribution in [0.2, 0.25) is 0 Å². The monoisotopic (exact) mass is 259 g/mol. The van der Waals surface area contributed by atoms with Gasteiger partial charge in [0.1, 0.15) is 6.10 Å². The van der Waals surface area contributed by atoms with Crippen LogP contribution in [0.4, 0.5) is 0 Å². The summed E-state index contributed by atoms with van der Waals surface area (Å²) < 4.78 is 0. The zero-order valence-corrected chi connectivity index (χ0v) is 10.4. The van der Waals surface area contributed by atoms with E-state index in [0.29, 0.717) is 4.88 Å². The molecule has 3 unspecified atom stereocenters. The molecule has 1 rings (SSSR count). The summed E-state index contributed by atoms with van der Waals surface area (Å²) in [5.41, 5.74) is 0. The molecule has 0 aliphatic carbocycles. The average molecular weight is 259 g/mol. The van der Waals surface area contributed by atoms with Crippen LogP contribution in [0.5, 0.6) is 0 Å². The Morgan fingerprint density at radius 1 is 1.53 bits per heavy atom. The summed E-state index contributed by atoms with van der Waals surface area (Å²) in [6.45, 7) is 1.85. The molecule has 6 heteroatoms. The van der Waals surface area contributed by atoms with Crippen molar-refractivity contribution in [3.63, 3.8) is 0 Å². The van der Waals surface area contributed by atoms with Crippen molar-refractivity contribution in [1.29, 1.82) is 0 Å². The van der Waals surface area contributed by atoms with Crippen molar-refractivity contribution in [2.45, 2.75) is 31.6 Å². The minimum absolute atomic E-state index is 0.189. The summed E-state index contributed by atoms with van der Waals surface area (Å²) in [5, 5.41) is 32.7. The van der Waals surface area contributed by atoms with Crippen molar-refractivity contribution in [3.05, 3.63) is 22.4 Å². The van der Waals surface area contributed by atoms with Gasteiger partial charge in [0.2, 0.25) is 0 Å². The van der Waals surface area contributed by atoms with Gasteiger partial charge in [-0.3, -0.25) is 4.79 Å². The Hall–Kier alpha value is -0.950. The number of nitrogens with one attached hydrogen (secondary N) is 1. The normalized spacial score (nSPS) is 16.4. The zero-order valence-electron chi connectivity index (χ0n) is 9.54. The largest absolute Gasteiger partial charge is 0.481 e. The fourth-order valence-corrected chi connectivity index (χ4v) is 2.24. The van der Waals surface area contributed by atoms with E-state index in [9.17, 15) is 9.90 Å². The third-order valence-electron chi connectivity index (χ3n) is 2.29. The molecule has 96 valence electrons. The van der Waals surface area contributed by atoms with Gasteiger partial charge in [0, 0.05) is 17.5 Å². The number of hydrogen-bond acceptors (Lipinski definition) is 5. The maximum Gasteiger partial charge on any atom is 0.305 e. The van der Waals surface area contributed by atoms with Crippen LogP contribution in [0.15, 0.2) is 17.5 Å². The van der Waals surface area contributed by atoms with E-state index in [4.69, 9.17) is 10.2 Å². The number of thiophene rings is 1. The molecular weight excluding hydrogens is 242 g/mol. The number of rotatable bonds is 7. The number of hydrogen-bond donors (Lipinski definition) is 4. The number of carboxylic acid groups (broad SMARTS) is 1. The summed E-state index contributed by atoms with van der Waals surface area (Å²) in [6, 6.07) is 2.96. The maximum atomic E-state index is 10.7. The quantitative estimate of drug-likeness (QED) is 0.575. The lowest BCUT2D eigenvalue weighted by Crippen LogP contribution is -2.40. The SMILES string of the molecule is CC(O)CNC(CC(=O)O)C(O)c1cccs1. The Labute approximate surface area is 104 Å². The third kappa shape index (κ3) is 4.82. The van der Waals surface area contributed by atoms with Crippen molar-refractivity contribution in [1.82, 2.24) is 5.32 Å². The molecule has 0 aliphatic rings. The van der Waals surface area contributed by atoms with Crippen molar-refractivity contribution in [2.24, 2.45) is 0 Å². The van der Waals surface area contributed by atoms with Crippen molar-refractivity contribution in [3.8, 4) is 0 Å². The van der Waals surface area contributed by atoms with Gasteiger partial charge in [-0.1, -0.05) is 6.07 Å². The highest BCUT2D eigenvalue weighted by Crippen LogP contribution is 2.23. The summed E-state index contributed by atoms with van der Waals surface area (Å²) in [7, 11) is 0. The van der Waals surface area contributed by atoms with Crippen molar-refractivity contribution >= 4 is 17.3 Å². The Balaban J connectivity index is 2.64. The molecule has 1 heterocycles. The second-order valence-corrected chi connectivity index (χ2v) is 4.90. The van der Waals surface area contributed by atoms with Gasteiger partial charge >= 0.3 is 5.97 Å². The fourth-order valence-electron chi connectivity index (χ4n) is 1.46. The number of aliphatic carboxylic acids is 1. The Bertz CT molecular complexity index is 339. The first kappa shape index (κ1) is 14.1. The smallest absolute Gasteiger partial charge is 0.305 e. The van der Waals surface area contributed by atoms with E-state index < -0.39 is 24.2 Å². The predicted molar refractivity (Wildman–Crippen MR) is 65.0 cm³/mol. The maximum absolute atomic E-state index is 10.7. The molecule has 0 fully saturated rings. The molecule has 17 heavy (non-hydrogen) atoms. The van der Waals surface area contributed by atoms with Crippen LogP contribution < -0.4 is 5.32 Å². The van der Waals surface area contributed by atoms with Crippen LogP contribution in [-0.2, 0) is 4.79 Å². The van der Waals surface area contributed by atoms with Crippen LogP contribution in [0.25, 0.3) is 0 Å². The van der Waals surface area contributed by atoms with Gasteiger partial charge in [0.05, 0.1) is 12.5 Å². The fraction of sp³-hybridized carbons (Fsp3) is 0.545. The summed E-state index contributed by atoms with van der Waals surface area (Å²) in [5.74, 6) is -0.983. The molecule has 5 nitrogen and oxygen atoms in total. The molecule has 0 saturated heterocycles. The number of carbonyl (C=O) groups is 1. The molecule has 0 aliphatic heterocycles. The molecule has 0 amide bonds. The molecule has 0 spiro atoms. The molecule has 0 saturated carbocycles. The van der Waals surface area contributed by atoms with Crippen LogP contribution in [-0.4, -0.2) is 40.0 Å². The van der Waals surface area contributed by atoms with Gasteiger partial charge < -0.3 is 20.6 Å². The third-order valence-corrected chi connectivity index (χ3v) is 3.23. The molecule has 1 aromatic heterocycles. The number of carboxylic acids is 1. The van der Waals surface area contributed by atoms with Crippen molar-refractivity contribution < 1.29 is 20.1 Å². The first-order valence-corrected chi connectivity index (χ1v) is 6.23. The first-order valence-electron chi connectivity index (χ1n) is 5.35. The Morgan fingerprint density at radius 3 is 2.71 bits per heavy atom. The van der Waals surface area contributed by atoms with Gasteiger partial charge in [-0.2, -0.15) is 0 Å². The molecular formula is C11H17NO4S. The van der Waals surface area contributed by atoms with E-state index in [1.165, 1.54) is 11.3 Å². The first-order chi connectivity index (χ1) is 8.00. The van der Waals surface area contributed by atoms with E-state index in [1.807, 2.05) is 5.38 Å². The second kappa shape index (κ2) is 6.70. The number of aliphatic hydroxyl groups is 2. The topological polar surface area (TPSA) is 89.8 Å². The van der Waals surface area contributed by atoms with E-state index in [0.717, 1.165) is 0 Å². The lowest BCUT2D eigenvalue weighted by Gasteiger charge is -2.22. The Morgan fingerprint density at radius 2 is 2.24 bits per heavy atom. The van der Waals surface area contributed by atoms with Crippen LogP contribution in [0.3, 0.4) is 0 Å². The van der Waals surface area contributed by atoms with Gasteiger partial charge in [0.15, 0.2) is 0 Å². The lowest BCUT2D eigenvalue weighted by molar-refractivity contribution is -0.138. The highest BCUT2D eigenvalue weighted by Gasteiger charge is 2.24. The van der Waals surface area contributed by atoms with E-state index >= 15 is 0 Å². The lowest BCUT2D eigenvalue weighted by atomic mass is 10.1. The van der Waals surface area contributed by atoms with E-state index in [2.05, 4.69) is 5.32 Å². The van der Waals surface area contributed by atoms with Gasteiger partial charge in [-0.15, -0.1) is 11.3 Å². The molecule has 4 N–H and O–H groups in total. The second-order valence-electron chi connectivity index (χ2n) is 3.92. The highest BCUT2D eigenvalue weighted by molar-refractivity contribution is 7.10. The molecule has 0 bridgehead atoms. The Kier molecular flexibility index (Phi) is 5.57. The minimum atomic E-state index is -0.983. The van der Waals surface area contributed by atoms with Crippen LogP contribution >= 0.6 is 11.3 Å².